The van der Waals surface area contributed by atoms with Gasteiger partial charge in [0.05, 0.1) is 5.75 Å². The number of hydrogen-bond donors (Lipinski definition) is 1. The Kier molecular flexibility index (Phi) is 6.49. The van der Waals surface area contributed by atoms with E-state index in [1.54, 1.807) is 28.8 Å². The van der Waals surface area contributed by atoms with Crippen molar-refractivity contribution in [2.45, 2.75) is 18.3 Å². The molecule has 1 aromatic heterocycles. The maximum absolute atomic E-state index is 12.3. The second kappa shape index (κ2) is 8.87. The highest BCUT2D eigenvalue weighted by atomic mass is 35.5. The van der Waals surface area contributed by atoms with E-state index in [1.807, 2.05) is 36.5 Å². The summed E-state index contributed by atoms with van der Waals surface area (Å²) in [6.45, 7) is 0.570. The molecule has 3 aromatic rings. The van der Waals surface area contributed by atoms with Crippen LogP contribution >= 0.6 is 23.4 Å². The van der Waals surface area contributed by atoms with Crippen LogP contribution in [0.5, 0.6) is 0 Å². The lowest BCUT2D eigenvalue weighted by atomic mass is 10.2. The van der Waals surface area contributed by atoms with E-state index in [0.717, 1.165) is 28.6 Å². The number of carbonyl (C=O) groups is 1. The molecule has 3 rings (SSSR count). The molecular weight excluding hydrogens is 425 g/mol. The zero-order valence-electron chi connectivity index (χ0n) is 15.2. The number of alkyl halides is 3. The molecule has 0 radical (unpaired) electrons. The van der Waals surface area contributed by atoms with Gasteiger partial charge >= 0.3 is 6.18 Å². The summed E-state index contributed by atoms with van der Waals surface area (Å²) in [6.07, 6.45) is -4.45. The molecule has 0 aliphatic rings. The maximum Gasteiger partial charge on any atom is 0.405 e. The minimum atomic E-state index is -4.45. The quantitative estimate of drug-likeness (QED) is 0.566. The second-order valence-electron chi connectivity index (χ2n) is 6.17. The monoisotopic (exact) mass is 440 g/mol. The van der Waals surface area contributed by atoms with Crippen molar-refractivity contribution in [3.8, 4) is 17.1 Å². The van der Waals surface area contributed by atoms with Crippen LogP contribution in [0.3, 0.4) is 0 Å². The second-order valence-corrected chi connectivity index (χ2v) is 7.55. The lowest BCUT2D eigenvalue weighted by Gasteiger charge is -2.11. The van der Waals surface area contributed by atoms with E-state index in [2.05, 4.69) is 10.2 Å². The third-order valence-corrected chi connectivity index (χ3v) is 4.99. The van der Waals surface area contributed by atoms with Crippen LogP contribution in [-0.2, 0) is 4.79 Å². The highest BCUT2D eigenvalue weighted by Crippen LogP contribution is 2.29. The Morgan fingerprint density at radius 2 is 1.90 bits per heavy atom. The van der Waals surface area contributed by atoms with Crippen LogP contribution in [-0.4, -0.2) is 39.1 Å². The van der Waals surface area contributed by atoms with E-state index in [9.17, 15) is 18.0 Å². The molecule has 2 aromatic carbocycles. The molecule has 1 amide bonds. The number of thioether (sulfide) groups is 1. The van der Waals surface area contributed by atoms with Crippen molar-refractivity contribution >= 4 is 29.3 Å². The molecule has 0 atom stereocenters. The summed E-state index contributed by atoms with van der Waals surface area (Å²) in [6, 6.07) is 14.6. The van der Waals surface area contributed by atoms with Crippen LogP contribution in [0.25, 0.3) is 17.1 Å². The average molecular weight is 441 g/mol. The third-order valence-electron chi connectivity index (χ3n) is 3.81. The summed E-state index contributed by atoms with van der Waals surface area (Å²) < 4.78 is 38.6. The van der Waals surface area contributed by atoms with Crippen molar-refractivity contribution in [1.29, 1.82) is 0 Å². The molecule has 0 aliphatic heterocycles. The number of aromatic nitrogens is 3. The molecule has 1 heterocycles. The van der Waals surface area contributed by atoms with E-state index in [1.165, 1.54) is 0 Å². The topological polar surface area (TPSA) is 59.8 Å². The van der Waals surface area contributed by atoms with Crippen molar-refractivity contribution in [1.82, 2.24) is 20.1 Å². The predicted octanol–water partition coefficient (Wildman–Crippen LogP) is 4.67. The normalized spacial score (nSPS) is 11.5. The zero-order valence-corrected chi connectivity index (χ0v) is 16.8. The van der Waals surface area contributed by atoms with Crippen molar-refractivity contribution in [2.24, 2.45) is 0 Å². The number of rotatable bonds is 6. The van der Waals surface area contributed by atoms with Crippen molar-refractivity contribution in [2.75, 3.05) is 12.3 Å². The van der Waals surface area contributed by atoms with Gasteiger partial charge in [-0.3, -0.25) is 9.36 Å². The van der Waals surface area contributed by atoms with Crippen LogP contribution in [0.1, 0.15) is 5.56 Å². The number of carbonyl (C=O) groups excluding carboxylic acids is 1. The summed E-state index contributed by atoms with van der Waals surface area (Å²) in [5.74, 6) is -0.426. The Balaban J connectivity index is 1.89. The van der Waals surface area contributed by atoms with Gasteiger partial charge < -0.3 is 5.32 Å². The van der Waals surface area contributed by atoms with Crippen LogP contribution < -0.4 is 5.32 Å². The Labute approximate surface area is 174 Å². The molecule has 0 bridgehead atoms. The number of nitrogens with zero attached hydrogens (tertiary/aromatic N) is 3. The molecule has 5 nitrogen and oxygen atoms in total. The maximum atomic E-state index is 12.3. The van der Waals surface area contributed by atoms with E-state index in [4.69, 9.17) is 11.6 Å². The van der Waals surface area contributed by atoms with Gasteiger partial charge in [0.25, 0.3) is 0 Å². The van der Waals surface area contributed by atoms with Gasteiger partial charge in [-0.1, -0.05) is 35.5 Å². The summed E-state index contributed by atoms with van der Waals surface area (Å²) >= 11 is 6.97. The highest BCUT2D eigenvalue weighted by Gasteiger charge is 2.27. The Morgan fingerprint density at radius 1 is 1.17 bits per heavy atom. The van der Waals surface area contributed by atoms with E-state index in [0.29, 0.717) is 16.0 Å². The largest absolute Gasteiger partial charge is 0.405 e. The number of halogens is 4. The summed E-state index contributed by atoms with van der Waals surface area (Å²) in [7, 11) is 0. The van der Waals surface area contributed by atoms with Gasteiger partial charge in [-0.15, -0.1) is 10.2 Å². The van der Waals surface area contributed by atoms with E-state index < -0.39 is 18.6 Å². The van der Waals surface area contributed by atoms with Gasteiger partial charge in [-0.25, -0.2) is 0 Å². The number of aryl methyl sites for hydroxylation is 1. The van der Waals surface area contributed by atoms with Crippen molar-refractivity contribution < 1.29 is 18.0 Å². The molecule has 0 unspecified atom stereocenters. The van der Waals surface area contributed by atoms with Gasteiger partial charge in [-0.05, 0) is 48.9 Å². The molecule has 29 heavy (non-hydrogen) atoms. The van der Waals surface area contributed by atoms with Gasteiger partial charge in [-0.2, -0.15) is 13.2 Å². The molecule has 1 N–H and O–H groups in total. The smallest absolute Gasteiger partial charge is 0.346 e. The first kappa shape index (κ1) is 21.2. The number of amides is 1. The van der Waals surface area contributed by atoms with E-state index in [-0.39, 0.29) is 5.75 Å². The zero-order chi connectivity index (χ0) is 21.0. The van der Waals surface area contributed by atoms with Crippen molar-refractivity contribution in [3.63, 3.8) is 0 Å². The molecule has 0 spiro atoms. The van der Waals surface area contributed by atoms with E-state index >= 15 is 0 Å². The number of nitrogens with one attached hydrogen (secondary N) is 1. The molecule has 152 valence electrons. The third kappa shape index (κ3) is 5.74. The number of hydrogen-bond acceptors (Lipinski definition) is 4. The highest BCUT2D eigenvalue weighted by molar-refractivity contribution is 7.99. The van der Waals surface area contributed by atoms with Crippen LogP contribution in [0.4, 0.5) is 13.2 Å². The summed E-state index contributed by atoms with van der Waals surface area (Å²) in [5, 5.41) is 11.2. The average Bonchev–Trinajstić information content (AvgIpc) is 3.08. The molecule has 0 aliphatic carbocycles. The molecule has 0 saturated heterocycles. The Hall–Kier alpha value is -2.52. The lowest BCUT2D eigenvalue weighted by Crippen LogP contribution is -2.34. The van der Waals surface area contributed by atoms with Crippen LogP contribution in [0.15, 0.2) is 53.7 Å². The number of benzene rings is 2. The fourth-order valence-electron chi connectivity index (χ4n) is 2.53. The minimum Gasteiger partial charge on any atom is -0.346 e. The predicted molar refractivity (Wildman–Crippen MR) is 106 cm³/mol. The van der Waals surface area contributed by atoms with Gasteiger partial charge in [0.15, 0.2) is 11.0 Å². The molecule has 0 fully saturated rings. The lowest BCUT2D eigenvalue weighted by molar-refractivity contribution is -0.136. The molecule has 10 heteroatoms. The fraction of sp³-hybridized carbons (Fsp3) is 0.211. The summed E-state index contributed by atoms with van der Waals surface area (Å²) in [5.41, 5.74) is 2.55. The SMILES string of the molecule is Cc1cccc(-n2c(SCC(=O)NCC(F)(F)F)nnc2-c2ccc(Cl)cc2)c1. The van der Waals surface area contributed by atoms with Gasteiger partial charge in [0, 0.05) is 16.3 Å². The molecular formula is C19H16ClF3N4OS. The molecule has 0 saturated carbocycles. The van der Waals surface area contributed by atoms with Gasteiger partial charge in [0.1, 0.15) is 6.54 Å². The van der Waals surface area contributed by atoms with Crippen LogP contribution in [0, 0.1) is 6.92 Å². The van der Waals surface area contributed by atoms with Gasteiger partial charge in [0.2, 0.25) is 5.91 Å². The first-order valence-electron chi connectivity index (χ1n) is 8.47. The first-order valence-corrected chi connectivity index (χ1v) is 9.84. The summed E-state index contributed by atoms with van der Waals surface area (Å²) in [4.78, 5) is 11.8. The Morgan fingerprint density at radius 3 is 2.55 bits per heavy atom. The minimum absolute atomic E-state index is 0.222. The Bertz CT molecular complexity index is 1010. The van der Waals surface area contributed by atoms with Crippen LogP contribution in [0.2, 0.25) is 5.02 Å². The first-order chi connectivity index (χ1) is 13.7. The fourth-order valence-corrected chi connectivity index (χ4v) is 3.44. The van der Waals surface area contributed by atoms with Crippen molar-refractivity contribution in [3.05, 3.63) is 59.1 Å². The standard InChI is InChI=1S/C19H16ClF3N4OS/c1-12-3-2-4-15(9-12)27-17(13-5-7-14(20)8-6-13)25-26-18(27)29-10-16(28)24-11-19(21,22)23/h2-9H,10-11H2,1H3,(H,24,28).